The van der Waals surface area contributed by atoms with Gasteiger partial charge in [-0.2, -0.15) is 27.9 Å². The molecule has 4 rings (SSSR count). The largest absolute Gasteiger partial charge is 0.440 e. The summed E-state index contributed by atoms with van der Waals surface area (Å²) in [6.07, 6.45) is 5.16. The molecule has 0 fully saturated rings. The average molecular weight is 352 g/mol. The van der Waals surface area contributed by atoms with E-state index in [-0.39, 0.29) is 11.8 Å². The molecular weight excluding hydrogens is 336 g/mol. The van der Waals surface area contributed by atoms with Crippen molar-refractivity contribution in [2.75, 3.05) is 0 Å². The van der Waals surface area contributed by atoms with Gasteiger partial charge in [-0.25, -0.2) is 0 Å². The first-order chi connectivity index (χ1) is 11.8. The first-order valence-electron chi connectivity index (χ1n) is 7.84. The van der Waals surface area contributed by atoms with Crippen LogP contribution in [-0.2, 0) is 4.74 Å². The Balaban J connectivity index is 1.84. The maximum atomic E-state index is 9.59. The second kappa shape index (κ2) is 6.31. The van der Waals surface area contributed by atoms with Crippen LogP contribution >= 0.6 is 22.7 Å². The second-order valence-electron chi connectivity index (χ2n) is 5.92. The molecule has 0 saturated carbocycles. The van der Waals surface area contributed by atoms with E-state index in [1.54, 1.807) is 22.7 Å². The monoisotopic (exact) mass is 352 g/mol. The van der Waals surface area contributed by atoms with Crippen LogP contribution in [0.25, 0.3) is 6.08 Å². The molecule has 0 saturated heterocycles. The number of nitrogens with zero attached hydrogens (tertiary/aromatic N) is 1. The maximum absolute atomic E-state index is 9.59. The normalized spacial score (nSPS) is 22.3. The molecule has 0 spiro atoms. The highest BCUT2D eigenvalue weighted by molar-refractivity contribution is 7.08. The standard InChI is InChI=1S/C19H16N2OS2/c20-9-16-17(14-5-7-24-11-14)15-3-1-2-13(18(15)22-19(16)21)8-12-4-6-23-10-12/h4-8,10-11,17H,1-3,21H2. The number of ether oxygens (including phenoxy) is 1. The number of nitrogens with two attached hydrogens (primary N) is 1. The lowest BCUT2D eigenvalue weighted by molar-refractivity contribution is 0.277. The Kier molecular flexibility index (Phi) is 4.01. The molecule has 2 aliphatic rings. The van der Waals surface area contributed by atoms with Crippen LogP contribution in [0.15, 0.2) is 62.0 Å². The molecule has 1 aliphatic carbocycles. The highest BCUT2D eigenvalue weighted by Crippen LogP contribution is 2.47. The Bertz CT molecular complexity index is 880. The van der Waals surface area contributed by atoms with Gasteiger partial charge in [-0.05, 0) is 81.3 Å². The minimum atomic E-state index is -0.0730. The summed E-state index contributed by atoms with van der Waals surface area (Å²) in [6, 6.07) is 6.45. The summed E-state index contributed by atoms with van der Waals surface area (Å²) in [6.45, 7) is 0. The van der Waals surface area contributed by atoms with Gasteiger partial charge >= 0.3 is 0 Å². The van der Waals surface area contributed by atoms with Gasteiger partial charge < -0.3 is 10.5 Å². The summed E-state index contributed by atoms with van der Waals surface area (Å²) in [5.41, 5.74) is 11.3. The van der Waals surface area contributed by atoms with Gasteiger partial charge in [-0.1, -0.05) is 0 Å². The van der Waals surface area contributed by atoms with Crippen molar-refractivity contribution < 1.29 is 4.74 Å². The molecule has 1 unspecified atom stereocenters. The van der Waals surface area contributed by atoms with E-state index in [1.165, 1.54) is 16.7 Å². The van der Waals surface area contributed by atoms with Crippen LogP contribution in [0.3, 0.4) is 0 Å². The Hall–Kier alpha value is -2.29. The lowest BCUT2D eigenvalue weighted by Gasteiger charge is -2.32. The second-order valence-corrected chi connectivity index (χ2v) is 7.48. The molecule has 2 aromatic heterocycles. The van der Waals surface area contributed by atoms with Crippen LogP contribution in [-0.4, -0.2) is 0 Å². The molecule has 3 nitrogen and oxygen atoms in total. The Morgan fingerprint density at radius 3 is 2.75 bits per heavy atom. The lowest BCUT2D eigenvalue weighted by Crippen LogP contribution is -2.23. The molecule has 1 atom stereocenters. The summed E-state index contributed by atoms with van der Waals surface area (Å²) in [4.78, 5) is 0. The van der Waals surface area contributed by atoms with Gasteiger partial charge in [-0.3, -0.25) is 0 Å². The molecule has 0 radical (unpaired) electrons. The van der Waals surface area contributed by atoms with Crippen molar-refractivity contribution in [1.29, 1.82) is 5.26 Å². The third kappa shape index (κ3) is 2.58. The predicted octanol–water partition coefficient (Wildman–Crippen LogP) is 5.14. The van der Waals surface area contributed by atoms with E-state index in [2.05, 4.69) is 40.4 Å². The molecule has 1 aliphatic heterocycles. The first-order valence-corrected chi connectivity index (χ1v) is 9.72. The van der Waals surface area contributed by atoms with Gasteiger partial charge in [0, 0.05) is 0 Å². The number of hydrogen-bond donors (Lipinski definition) is 1. The summed E-state index contributed by atoms with van der Waals surface area (Å²) >= 11 is 3.32. The first kappa shape index (κ1) is 15.3. The van der Waals surface area contributed by atoms with Gasteiger partial charge in [0.2, 0.25) is 5.88 Å². The fourth-order valence-electron chi connectivity index (χ4n) is 3.41. The van der Waals surface area contributed by atoms with E-state index in [4.69, 9.17) is 10.5 Å². The van der Waals surface area contributed by atoms with Crippen LogP contribution in [0.4, 0.5) is 0 Å². The number of rotatable bonds is 2. The third-order valence-electron chi connectivity index (χ3n) is 4.47. The van der Waals surface area contributed by atoms with Crippen molar-refractivity contribution in [1.82, 2.24) is 0 Å². The lowest BCUT2D eigenvalue weighted by atomic mass is 9.77. The van der Waals surface area contributed by atoms with Gasteiger partial charge in [-0.15, -0.1) is 0 Å². The van der Waals surface area contributed by atoms with Crippen LogP contribution < -0.4 is 5.73 Å². The van der Waals surface area contributed by atoms with Gasteiger partial charge in [0.1, 0.15) is 17.4 Å². The fraction of sp³-hybridized carbons (Fsp3) is 0.211. The zero-order valence-corrected chi connectivity index (χ0v) is 14.6. The average Bonchev–Trinajstić information content (AvgIpc) is 3.28. The summed E-state index contributed by atoms with van der Waals surface area (Å²) < 4.78 is 5.94. The molecule has 0 bridgehead atoms. The van der Waals surface area contributed by atoms with Gasteiger partial charge in [0.25, 0.3) is 0 Å². The molecule has 0 amide bonds. The SMILES string of the molecule is N#CC1=C(N)OC2=C(CCCC2=Cc2ccsc2)C1c1ccsc1. The quantitative estimate of drug-likeness (QED) is 0.814. The van der Waals surface area contributed by atoms with E-state index in [0.29, 0.717) is 5.57 Å². The molecule has 3 heterocycles. The smallest absolute Gasteiger partial charge is 0.205 e. The molecule has 2 aromatic rings. The van der Waals surface area contributed by atoms with E-state index >= 15 is 0 Å². The van der Waals surface area contributed by atoms with E-state index in [1.807, 2.05) is 5.38 Å². The molecular formula is C19H16N2OS2. The topological polar surface area (TPSA) is 59.0 Å². The molecule has 120 valence electrons. The van der Waals surface area contributed by atoms with Crippen molar-refractivity contribution in [2.24, 2.45) is 5.73 Å². The van der Waals surface area contributed by atoms with Crippen LogP contribution in [0, 0.1) is 11.3 Å². The molecule has 5 heteroatoms. The van der Waals surface area contributed by atoms with Crippen molar-refractivity contribution in [3.05, 3.63) is 73.1 Å². The minimum absolute atomic E-state index is 0.0730. The third-order valence-corrected chi connectivity index (χ3v) is 5.87. The van der Waals surface area contributed by atoms with Crippen molar-refractivity contribution in [3.8, 4) is 6.07 Å². The summed E-state index contributed by atoms with van der Waals surface area (Å²) in [5.74, 6) is 1.04. The number of thiophene rings is 2. The van der Waals surface area contributed by atoms with Crippen molar-refractivity contribution in [3.63, 3.8) is 0 Å². The molecule has 0 aromatic carbocycles. The van der Waals surface area contributed by atoms with E-state index < -0.39 is 0 Å². The minimum Gasteiger partial charge on any atom is -0.440 e. The van der Waals surface area contributed by atoms with Crippen LogP contribution in [0.1, 0.15) is 36.3 Å². The van der Waals surface area contributed by atoms with Gasteiger partial charge in [0.05, 0.1) is 5.92 Å². The van der Waals surface area contributed by atoms with Crippen LogP contribution in [0.5, 0.6) is 0 Å². The van der Waals surface area contributed by atoms with E-state index in [0.717, 1.165) is 30.6 Å². The van der Waals surface area contributed by atoms with E-state index in [9.17, 15) is 5.26 Å². The summed E-state index contributed by atoms with van der Waals surface area (Å²) in [7, 11) is 0. The Morgan fingerprint density at radius 2 is 2.04 bits per heavy atom. The van der Waals surface area contributed by atoms with Gasteiger partial charge in [0.15, 0.2) is 0 Å². The molecule has 2 N–H and O–H groups in total. The Labute approximate surface area is 149 Å². The highest BCUT2D eigenvalue weighted by atomic mass is 32.1. The highest BCUT2D eigenvalue weighted by Gasteiger charge is 2.35. The molecule has 24 heavy (non-hydrogen) atoms. The number of allylic oxidation sites excluding steroid dienone is 3. The fourth-order valence-corrected chi connectivity index (χ4v) is 4.72. The zero-order chi connectivity index (χ0) is 16.5. The van der Waals surface area contributed by atoms with Crippen molar-refractivity contribution in [2.45, 2.75) is 25.2 Å². The van der Waals surface area contributed by atoms with Crippen LogP contribution in [0.2, 0.25) is 0 Å². The summed E-state index contributed by atoms with van der Waals surface area (Å²) in [5, 5.41) is 17.9. The Morgan fingerprint density at radius 1 is 1.21 bits per heavy atom. The number of nitriles is 1. The van der Waals surface area contributed by atoms with Crippen molar-refractivity contribution >= 4 is 28.7 Å². The number of hydrogen-bond acceptors (Lipinski definition) is 5. The predicted molar refractivity (Wildman–Crippen MR) is 98.1 cm³/mol. The zero-order valence-electron chi connectivity index (χ0n) is 13.0. The maximum Gasteiger partial charge on any atom is 0.205 e.